The third-order valence-corrected chi connectivity index (χ3v) is 2.11. The highest BCUT2D eigenvalue weighted by molar-refractivity contribution is 5.92. The fourth-order valence-corrected chi connectivity index (χ4v) is 1.41. The Hall–Kier alpha value is -1.64. The molecule has 0 fully saturated rings. The van der Waals surface area contributed by atoms with Crippen molar-refractivity contribution >= 4 is 11.7 Å². The van der Waals surface area contributed by atoms with Gasteiger partial charge < -0.3 is 4.74 Å². The topological polar surface area (TPSA) is 38.7 Å². The van der Waals surface area contributed by atoms with Crippen molar-refractivity contribution in [3.63, 3.8) is 0 Å². The molecule has 1 aromatic rings. The zero-order chi connectivity index (χ0) is 9.97. The van der Waals surface area contributed by atoms with E-state index in [0.717, 1.165) is 11.3 Å². The molecule has 0 aromatic heterocycles. The second-order valence-electron chi connectivity index (χ2n) is 3.29. The molecule has 0 spiro atoms. The molecule has 1 atom stereocenters. The molecule has 72 valence electrons. The molecule has 1 aliphatic heterocycles. The Morgan fingerprint density at radius 2 is 2.07 bits per heavy atom. The summed E-state index contributed by atoms with van der Waals surface area (Å²) in [4.78, 5) is 15.7. The van der Waals surface area contributed by atoms with E-state index in [1.165, 1.54) is 0 Å². The standard InChI is InChI=1S/C11H11NO2/c1-8-7-14-11(13)10(12-8)9-5-3-2-4-6-9/h2-6,10H,7H2,1H3/t10-/m1/s1. The molecule has 1 aromatic carbocycles. The van der Waals surface area contributed by atoms with Crippen molar-refractivity contribution in [3.8, 4) is 0 Å². The minimum Gasteiger partial charge on any atom is -0.458 e. The van der Waals surface area contributed by atoms with Crippen molar-refractivity contribution < 1.29 is 9.53 Å². The first-order valence-electron chi connectivity index (χ1n) is 4.52. The number of hydrogen-bond acceptors (Lipinski definition) is 3. The number of ether oxygens (including phenoxy) is 1. The van der Waals surface area contributed by atoms with Crippen LogP contribution in [-0.2, 0) is 9.53 Å². The Morgan fingerprint density at radius 1 is 1.36 bits per heavy atom. The molecule has 1 aliphatic rings. The largest absolute Gasteiger partial charge is 0.458 e. The maximum Gasteiger partial charge on any atom is 0.335 e. The van der Waals surface area contributed by atoms with Gasteiger partial charge in [0.1, 0.15) is 6.61 Å². The molecule has 0 aliphatic carbocycles. The van der Waals surface area contributed by atoms with Gasteiger partial charge in [-0.05, 0) is 12.5 Å². The van der Waals surface area contributed by atoms with Crippen LogP contribution in [0.3, 0.4) is 0 Å². The van der Waals surface area contributed by atoms with E-state index in [2.05, 4.69) is 4.99 Å². The molecule has 0 amide bonds. The van der Waals surface area contributed by atoms with E-state index in [-0.39, 0.29) is 5.97 Å². The molecule has 1 heterocycles. The smallest absolute Gasteiger partial charge is 0.335 e. The zero-order valence-corrected chi connectivity index (χ0v) is 7.93. The lowest BCUT2D eigenvalue weighted by Gasteiger charge is -2.18. The van der Waals surface area contributed by atoms with Gasteiger partial charge in [0.2, 0.25) is 0 Å². The van der Waals surface area contributed by atoms with Gasteiger partial charge in [-0.2, -0.15) is 0 Å². The molecular formula is C11H11NO2. The average Bonchev–Trinajstić information content (AvgIpc) is 2.23. The van der Waals surface area contributed by atoms with Gasteiger partial charge in [0.25, 0.3) is 0 Å². The SMILES string of the molecule is CC1=N[C@H](c2ccccc2)C(=O)OC1. The predicted octanol–water partition coefficient (Wildman–Crippen LogP) is 1.75. The number of benzene rings is 1. The number of carbonyl (C=O) groups is 1. The number of rotatable bonds is 1. The van der Waals surface area contributed by atoms with Crippen molar-refractivity contribution in [3.05, 3.63) is 35.9 Å². The molecule has 0 radical (unpaired) electrons. The van der Waals surface area contributed by atoms with Gasteiger partial charge in [-0.1, -0.05) is 30.3 Å². The molecule has 14 heavy (non-hydrogen) atoms. The Kier molecular flexibility index (Phi) is 2.31. The summed E-state index contributed by atoms with van der Waals surface area (Å²) >= 11 is 0. The lowest BCUT2D eigenvalue weighted by molar-refractivity contribution is -0.144. The normalized spacial score (nSPS) is 21.4. The van der Waals surface area contributed by atoms with Gasteiger partial charge in [-0.15, -0.1) is 0 Å². The van der Waals surface area contributed by atoms with E-state index in [4.69, 9.17) is 4.74 Å². The van der Waals surface area contributed by atoms with E-state index < -0.39 is 6.04 Å². The first-order valence-corrected chi connectivity index (χ1v) is 4.52. The number of hydrogen-bond donors (Lipinski definition) is 0. The maximum absolute atomic E-state index is 11.4. The van der Waals surface area contributed by atoms with Crippen molar-refractivity contribution in [1.82, 2.24) is 0 Å². The summed E-state index contributed by atoms with van der Waals surface area (Å²) in [6.45, 7) is 2.19. The molecule has 0 saturated heterocycles. The minimum absolute atomic E-state index is 0.262. The predicted molar refractivity (Wildman–Crippen MR) is 53.3 cm³/mol. The summed E-state index contributed by atoms with van der Waals surface area (Å²) in [6, 6.07) is 8.99. The highest BCUT2D eigenvalue weighted by Crippen LogP contribution is 2.21. The average molecular weight is 189 g/mol. The number of cyclic esters (lactones) is 1. The second kappa shape index (κ2) is 3.62. The molecule has 0 unspecified atom stereocenters. The number of nitrogens with zero attached hydrogens (tertiary/aromatic N) is 1. The Bertz CT molecular complexity index is 370. The van der Waals surface area contributed by atoms with E-state index in [1.54, 1.807) is 0 Å². The second-order valence-corrected chi connectivity index (χ2v) is 3.29. The van der Waals surface area contributed by atoms with Crippen LogP contribution in [0.1, 0.15) is 18.5 Å². The molecule has 0 bridgehead atoms. The van der Waals surface area contributed by atoms with Gasteiger partial charge in [-0.3, -0.25) is 4.99 Å². The maximum atomic E-state index is 11.4. The summed E-state index contributed by atoms with van der Waals surface area (Å²) in [5, 5.41) is 0. The van der Waals surface area contributed by atoms with Crippen LogP contribution in [0.4, 0.5) is 0 Å². The van der Waals surface area contributed by atoms with Crippen molar-refractivity contribution in [2.24, 2.45) is 4.99 Å². The fourth-order valence-electron chi connectivity index (χ4n) is 1.41. The van der Waals surface area contributed by atoms with Crippen LogP contribution in [0.2, 0.25) is 0 Å². The fraction of sp³-hybridized carbons (Fsp3) is 0.273. The van der Waals surface area contributed by atoms with E-state index in [9.17, 15) is 4.79 Å². The lowest BCUT2D eigenvalue weighted by Crippen LogP contribution is -2.24. The molecule has 3 heteroatoms. The highest BCUT2D eigenvalue weighted by atomic mass is 16.5. The van der Waals surface area contributed by atoms with Crippen LogP contribution in [0, 0.1) is 0 Å². The van der Waals surface area contributed by atoms with E-state index >= 15 is 0 Å². The molecule has 2 rings (SSSR count). The van der Waals surface area contributed by atoms with Crippen molar-refractivity contribution in [2.75, 3.05) is 6.61 Å². The van der Waals surface area contributed by atoms with Crippen molar-refractivity contribution in [2.45, 2.75) is 13.0 Å². The summed E-state index contributed by atoms with van der Waals surface area (Å²) in [7, 11) is 0. The third-order valence-electron chi connectivity index (χ3n) is 2.11. The van der Waals surface area contributed by atoms with Crippen LogP contribution in [0.5, 0.6) is 0 Å². The van der Waals surface area contributed by atoms with E-state index in [0.29, 0.717) is 6.61 Å². The van der Waals surface area contributed by atoms with Gasteiger partial charge in [0.05, 0.1) is 0 Å². The summed E-state index contributed by atoms with van der Waals surface area (Å²) in [5.41, 5.74) is 1.75. The Labute approximate surface area is 82.4 Å². The zero-order valence-electron chi connectivity index (χ0n) is 7.93. The van der Waals surface area contributed by atoms with Crippen LogP contribution in [0.25, 0.3) is 0 Å². The van der Waals surface area contributed by atoms with Crippen molar-refractivity contribution in [1.29, 1.82) is 0 Å². The summed E-state index contributed by atoms with van der Waals surface area (Å²) < 4.78 is 4.99. The molecule has 0 saturated carbocycles. The van der Waals surface area contributed by atoms with Gasteiger partial charge >= 0.3 is 5.97 Å². The number of carbonyl (C=O) groups excluding carboxylic acids is 1. The molecule has 3 nitrogen and oxygen atoms in total. The van der Waals surface area contributed by atoms with Crippen LogP contribution in [0.15, 0.2) is 35.3 Å². The van der Waals surface area contributed by atoms with Crippen LogP contribution >= 0.6 is 0 Å². The number of aliphatic imine (C=N–C) groups is 1. The third kappa shape index (κ3) is 1.66. The van der Waals surface area contributed by atoms with Gasteiger partial charge in [0, 0.05) is 5.71 Å². The molecule has 0 N–H and O–H groups in total. The van der Waals surface area contributed by atoms with Gasteiger partial charge in [0.15, 0.2) is 6.04 Å². The Morgan fingerprint density at radius 3 is 2.79 bits per heavy atom. The lowest BCUT2D eigenvalue weighted by atomic mass is 10.1. The minimum atomic E-state index is -0.468. The first kappa shape index (κ1) is 8.94. The summed E-state index contributed by atoms with van der Waals surface area (Å²) in [5.74, 6) is -0.262. The first-order chi connectivity index (χ1) is 6.77. The quantitative estimate of drug-likeness (QED) is 0.631. The summed E-state index contributed by atoms with van der Waals surface area (Å²) in [6.07, 6.45) is 0. The molecular weight excluding hydrogens is 178 g/mol. The number of esters is 1. The van der Waals surface area contributed by atoms with Gasteiger partial charge in [-0.25, -0.2) is 4.79 Å². The van der Waals surface area contributed by atoms with Crippen LogP contribution in [-0.4, -0.2) is 18.3 Å². The highest BCUT2D eigenvalue weighted by Gasteiger charge is 2.24. The monoisotopic (exact) mass is 189 g/mol. The van der Waals surface area contributed by atoms with E-state index in [1.807, 2.05) is 37.3 Å². The Balaban J connectivity index is 2.34. The van der Waals surface area contributed by atoms with Crippen LogP contribution < -0.4 is 0 Å².